The van der Waals surface area contributed by atoms with Crippen LogP contribution in [0.4, 0.5) is 4.39 Å². The summed E-state index contributed by atoms with van der Waals surface area (Å²) in [5, 5.41) is 0.202. The van der Waals surface area contributed by atoms with Crippen LogP contribution in [0.5, 0.6) is 11.5 Å². The van der Waals surface area contributed by atoms with Crippen molar-refractivity contribution in [2.75, 3.05) is 13.2 Å². The number of para-hydroxylation sites is 2. The highest BCUT2D eigenvalue weighted by Gasteiger charge is 2.22. The molecule has 1 atom stereocenters. The molecule has 0 bridgehead atoms. The molecule has 1 heterocycles. The topological polar surface area (TPSA) is 44.8 Å². The number of halogens is 2. The maximum Gasteiger partial charge on any atom is 0.310 e. The van der Waals surface area contributed by atoms with Gasteiger partial charge in [-0.15, -0.1) is 0 Å². The number of esters is 1. The Bertz CT molecular complexity index is 699. The fourth-order valence-corrected chi connectivity index (χ4v) is 2.46. The van der Waals surface area contributed by atoms with E-state index < -0.39 is 17.9 Å². The lowest BCUT2D eigenvalue weighted by molar-refractivity contribution is -0.146. The molecule has 1 aliphatic heterocycles. The van der Waals surface area contributed by atoms with Crippen molar-refractivity contribution in [2.45, 2.75) is 12.5 Å². The van der Waals surface area contributed by atoms with E-state index in [1.807, 2.05) is 12.1 Å². The lowest BCUT2D eigenvalue weighted by atomic mass is 10.1. The summed E-state index contributed by atoms with van der Waals surface area (Å²) in [6.45, 7) is 0.310. The molecule has 23 heavy (non-hydrogen) atoms. The summed E-state index contributed by atoms with van der Waals surface area (Å²) in [4.78, 5) is 11.9. The van der Waals surface area contributed by atoms with Crippen LogP contribution in [0.3, 0.4) is 0 Å². The molecule has 0 spiro atoms. The van der Waals surface area contributed by atoms with Crippen LogP contribution in [0, 0.1) is 5.82 Å². The van der Waals surface area contributed by atoms with Crippen LogP contribution in [0.25, 0.3) is 0 Å². The number of carbonyl (C=O) groups is 1. The van der Waals surface area contributed by atoms with Gasteiger partial charge in [0.15, 0.2) is 17.6 Å². The Labute approximate surface area is 137 Å². The molecular formula is C17H14ClFO4. The average molecular weight is 337 g/mol. The Hall–Kier alpha value is -2.27. The van der Waals surface area contributed by atoms with E-state index in [4.69, 9.17) is 25.8 Å². The summed E-state index contributed by atoms with van der Waals surface area (Å²) in [7, 11) is 0. The van der Waals surface area contributed by atoms with Gasteiger partial charge in [0, 0.05) is 10.6 Å². The molecule has 0 N–H and O–H groups in total. The van der Waals surface area contributed by atoms with Gasteiger partial charge in [0.05, 0.1) is 6.42 Å². The Balaban J connectivity index is 1.54. The van der Waals surface area contributed by atoms with E-state index in [0.717, 1.165) is 0 Å². The highest BCUT2D eigenvalue weighted by atomic mass is 35.5. The first kappa shape index (κ1) is 15.6. The van der Waals surface area contributed by atoms with Gasteiger partial charge in [0.1, 0.15) is 19.0 Å². The van der Waals surface area contributed by atoms with Crippen LogP contribution in [-0.4, -0.2) is 25.3 Å². The number of benzene rings is 2. The molecule has 0 amide bonds. The van der Waals surface area contributed by atoms with Crippen LogP contribution in [-0.2, 0) is 16.0 Å². The average Bonchev–Trinajstić information content (AvgIpc) is 2.56. The fourth-order valence-electron chi connectivity index (χ4n) is 2.23. The second kappa shape index (κ2) is 6.87. The molecule has 6 heteroatoms. The molecule has 2 aromatic carbocycles. The van der Waals surface area contributed by atoms with E-state index in [9.17, 15) is 9.18 Å². The van der Waals surface area contributed by atoms with Crippen molar-refractivity contribution in [3.05, 3.63) is 58.9 Å². The monoisotopic (exact) mass is 336 g/mol. The van der Waals surface area contributed by atoms with Gasteiger partial charge in [0.25, 0.3) is 0 Å². The number of rotatable bonds is 4. The maximum atomic E-state index is 13.6. The summed E-state index contributed by atoms with van der Waals surface area (Å²) >= 11 is 5.89. The van der Waals surface area contributed by atoms with Crippen molar-refractivity contribution >= 4 is 17.6 Å². The lowest BCUT2D eigenvalue weighted by Gasteiger charge is -2.26. The largest absolute Gasteiger partial charge is 0.486 e. The van der Waals surface area contributed by atoms with Crippen molar-refractivity contribution in [3.8, 4) is 11.5 Å². The van der Waals surface area contributed by atoms with Crippen molar-refractivity contribution < 1.29 is 23.4 Å². The number of hydrogen-bond acceptors (Lipinski definition) is 4. The molecule has 0 aromatic heterocycles. The van der Waals surface area contributed by atoms with Crippen LogP contribution in [0.2, 0.25) is 5.02 Å². The van der Waals surface area contributed by atoms with Crippen molar-refractivity contribution in [1.29, 1.82) is 0 Å². The van der Waals surface area contributed by atoms with Gasteiger partial charge < -0.3 is 14.2 Å². The normalized spacial score (nSPS) is 16.0. The number of ether oxygens (including phenoxy) is 3. The summed E-state index contributed by atoms with van der Waals surface area (Å²) in [6, 6.07) is 11.5. The van der Waals surface area contributed by atoms with E-state index in [1.165, 1.54) is 18.2 Å². The Morgan fingerprint density at radius 1 is 1.22 bits per heavy atom. The Morgan fingerprint density at radius 3 is 2.78 bits per heavy atom. The van der Waals surface area contributed by atoms with Gasteiger partial charge >= 0.3 is 5.97 Å². The van der Waals surface area contributed by atoms with Gasteiger partial charge in [-0.1, -0.05) is 29.8 Å². The molecule has 0 saturated heterocycles. The first-order chi connectivity index (χ1) is 11.1. The highest BCUT2D eigenvalue weighted by Crippen LogP contribution is 2.30. The van der Waals surface area contributed by atoms with Gasteiger partial charge in [-0.3, -0.25) is 4.79 Å². The van der Waals surface area contributed by atoms with E-state index in [2.05, 4.69) is 0 Å². The summed E-state index contributed by atoms with van der Waals surface area (Å²) < 4.78 is 30.0. The van der Waals surface area contributed by atoms with Crippen LogP contribution >= 0.6 is 11.6 Å². The van der Waals surface area contributed by atoms with E-state index >= 15 is 0 Å². The van der Waals surface area contributed by atoms with E-state index in [-0.39, 0.29) is 30.2 Å². The fraction of sp³-hybridized carbons (Fsp3) is 0.235. The highest BCUT2D eigenvalue weighted by molar-refractivity contribution is 6.31. The minimum atomic E-state index is -0.570. The second-order valence-corrected chi connectivity index (χ2v) is 5.46. The zero-order chi connectivity index (χ0) is 16.2. The number of carbonyl (C=O) groups excluding carboxylic acids is 1. The van der Waals surface area contributed by atoms with E-state index in [0.29, 0.717) is 11.5 Å². The molecule has 4 nitrogen and oxygen atoms in total. The van der Waals surface area contributed by atoms with Crippen LogP contribution in [0.1, 0.15) is 5.56 Å². The molecular weight excluding hydrogens is 323 g/mol. The quantitative estimate of drug-likeness (QED) is 0.803. The number of hydrogen-bond donors (Lipinski definition) is 0. The first-order valence-electron chi connectivity index (χ1n) is 7.10. The predicted molar refractivity (Wildman–Crippen MR) is 82.4 cm³/mol. The predicted octanol–water partition coefficient (Wildman–Crippen LogP) is 3.40. The van der Waals surface area contributed by atoms with Gasteiger partial charge in [0.2, 0.25) is 0 Å². The smallest absolute Gasteiger partial charge is 0.310 e. The molecule has 0 saturated carbocycles. The van der Waals surface area contributed by atoms with Gasteiger partial charge in [-0.25, -0.2) is 4.39 Å². The maximum absolute atomic E-state index is 13.6. The van der Waals surface area contributed by atoms with Crippen molar-refractivity contribution in [3.63, 3.8) is 0 Å². The molecule has 120 valence electrons. The molecule has 0 radical (unpaired) electrons. The molecule has 1 unspecified atom stereocenters. The Kier molecular flexibility index (Phi) is 4.67. The van der Waals surface area contributed by atoms with Crippen molar-refractivity contribution in [2.24, 2.45) is 0 Å². The summed E-state index contributed by atoms with van der Waals surface area (Å²) in [6.07, 6.45) is -0.625. The first-order valence-corrected chi connectivity index (χ1v) is 7.48. The minimum Gasteiger partial charge on any atom is -0.486 e. The van der Waals surface area contributed by atoms with Gasteiger partial charge in [-0.05, 0) is 24.3 Å². The molecule has 0 aliphatic carbocycles. The number of fused-ring (bicyclic) bond motifs is 1. The zero-order valence-electron chi connectivity index (χ0n) is 12.1. The van der Waals surface area contributed by atoms with Crippen molar-refractivity contribution in [1.82, 2.24) is 0 Å². The molecule has 2 aromatic rings. The molecule has 3 rings (SSSR count). The molecule has 1 aliphatic rings. The van der Waals surface area contributed by atoms with E-state index in [1.54, 1.807) is 12.1 Å². The third kappa shape index (κ3) is 3.74. The zero-order valence-corrected chi connectivity index (χ0v) is 12.9. The summed E-state index contributed by atoms with van der Waals surface area (Å²) in [5.41, 5.74) is 0.130. The second-order valence-electron chi connectivity index (χ2n) is 5.06. The SMILES string of the molecule is O=C(Cc1c(F)cccc1Cl)OCC1COc2ccccc2O1. The van der Waals surface area contributed by atoms with Crippen LogP contribution < -0.4 is 9.47 Å². The standard InChI is InChI=1S/C17H14ClFO4/c18-13-4-3-5-14(19)12(13)8-17(20)22-10-11-9-21-15-6-1-2-7-16(15)23-11/h1-7,11H,8-10H2. The van der Waals surface area contributed by atoms with Gasteiger partial charge in [-0.2, -0.15) is 0 Å². The molecule has 0 fully saturated rings. The Morgan fingerprint density at radius 2 is 2.00 bits per heavy atom. The summed E-state index contributed by atoms with van der Waals surface area (Å²) in [5.74, 6) is 0.172. The third-order valence-electron chi connectivity index (χ3n) is 3.38. The third-order valence-corrected chi connectivity index (χ3v) is 3.73. The van der Waals surface area contributed by atoms with Crippen LogP contribution in [0.15, 0.2) is 42.5 Å². The minimum absolute atomic E-state index is 0.0270. The lowest BCUT2D eigenvalue weighted by Crippen LogP contribution is -2.34.